The molecule has 1 aliphatic rings. The summed E-state index contributed by atoms with van der Waals surface area (Å²) in [5.41, 5.74) is 1.20. The standard InChI is InChI=1S/C16H14N6O2/c23-16(13-9-18-6-7-19-13)22-8-3-12(10-22)15-20-14(21-24-15)11-1-4-17-5-2-11/h1-2,4-7,9,12H,3,8,10H2/t12-/m1/s1. The van der Waals surface area contributed by atoms with Crippen LogP contribution in [-0.4, -0.2) is 49.0 Å². The Morgan fingerprint density at radius 1 is 1.17 bits per heavy atom. The minimum absolute atomic E-state index is 0.0358. The Balaban J connectivity index is 1.48. The fourth-order valence-corrected chi connectivity index (χ4v) is 2.74. The van der Waals surface area contributed by atoms with Crippen molar-refractivity contribution in [2.75, 3.05) is 13.1 Å². The second-order valence-electron chi connectivity index (χ2n) is 5.52. The molecule has 0 unspecified atom stereocenters. The molecule has 0 saturated carbocycles. The van der Waals surface area contributed by atoms with Gasteiger partial charge in [0, 0.05) is 43.4 Å². The van der Waals surface area contributed by atoms with E-state index in [2.05, 4.69) is 25.1 Å². The maximum atomic E-state index is 12.4. The van der Waals surface area contributed by atoms with Gasteiger partial charge in [0.2, 0.25) is 11.7 Å². The van der Waals surface area contributed by atoms with Gasteiger partial charge in [0.05, 0.1) is 12.1 Å². The highest BCUT2D eigenvalue weighted by Gasteiger charge is 2.32. The van der Waals surface area contributed by atoms with Gasteiger partial charge in [-0.05, 0) is 18.6 Å². The van der Waals surface area contributed by atoms with E-state index < -0.39 is 0 Å². The lowest BCUT2D eigenvalue weighted by molar-refractivity contribution is 0.0783. The fourth-order valence-electron chi connectivity index (χ4n) is 2.74. The van der Waals surface area contributed by atoms with E-state index in [1.165, 1.54) is 12.4 Å². The summed E-state index contributed by atoms with van der Waals surface area (Å²) in [5.74, 6) is 0.996. The molecule has 0 spiro atoms. The molecule has 3 aromatic heterocycles. The van der Waals surface area contributed by atoms with Gasteiger partial charge in [0.15, 0.2) is 0 Å². The summed E-state index contributed by atoms with van der Waals surface area (Å²) < 4.78 is 5.39. The molecule has 0 aromatic carbocycles. The first kappa shape index (κ1) is 14.4. The lowest BCUT2D eigenvalue weighted by atomic mass is 10.1. The van der Waals surface area contributed by atoms with Crippen molar-refractivity contribution in [1.82, 2.24) is 30.0 Å². The Morgan fingerprint density at radius 2 is 2.04 bits per heavy atom. The predicted molar refractivity (Wildman–Crippen MR) is 82.8 cm³/mol. The molecule has 1 amide bonds. The zero-order chi connectivity index (χ0) is 16.4. The van der Waals surface area contributed by atoms with Gasteiger partial charge < -0.3 is 9.42 Å². The van der Waals surface area contributed by atoms with Crippen LogP contribution in [0.15, 0.2) is 47.6 Å². The molecule has 120 valence electrons. The molecule has 0 aliphatic carbocycles. The summed E-state index contributed by atoms with van der Waals surface area (Å²) in [5, 5.41) is 4.02. The number of amides is 1. The van der Waals surface area contributed by atoms with Crippen LogP contribution >= 0.6 is 0 Å². The van der Waals surface area contributed by atoms with Crippen molar-refractivity contribution in [1.29, 1.82) is 0 Å². The van der Waals surface area contributed by atoms with Gasteiger partial charge in [-0.25, -0.2) is 4.98 Å². The van der Waals surface area contributed by atoms with Gasteiger partial charge in [-0.15, -0.1) is 0 Å². The van der Waals surface area contributed by atoms with Gasteiger partial charge in [-0.2, -0.15) is 4.98 Å². The lowest BCUT2D eigenvalue weighted by Gasteiger charge is -2.14. The van der Waals surface area contributed by atoms with E-state index in [4.69, 9.17) is 4.52 Å². The summed E-state index contributed by atoms with van der Waals surface area (Å²) in [7, 11) is 0. The van der Waals surface area contributed by atoms with E-state index in [0.29, 0.717) is 30.5 Å². The van der Waals surface area contributed by atoms with Crippen LogP contribution in [0.25, 0.3) is 11.4 Å². The zero-order valence-corrected chi connectivity index (χ0v) is 12.7. The van der Waals surface area contributed by atoms with E-state index >= 15 is 0 Å². The van der Waals surface area contributed by atoms with E-state index in [9.17, 15) is 4.79 Å². The molecule has 0 N–H and O–H groups in total. The van der Waals surface area contributed by atoms with Crippen molar-refractivity contribution >= 4 is 5.91 Å². The van der Waals surface area contributed by atoms with Crippen LogP contribution < -0.4 is 0 Å². The molecular weight excluding hydrogens is 308 g/mol. The third-order valence-electron chi connectivity index (χ3n) is 3.99. The molecule has 4 rings (SSSR count). The monoisotopic (exact) mass is 322 g/mol. The van der Waals surface area contributed by atoms with Crippen molar-refractivity contribution in [3.63, 3.8) is 0 Å². The largest absolute Gasteiger partial charge is 0.339 e. The first-order valence-electron chi connectivity index (χ1n) is 7.60. The number of carbonyl (C=O) groups excluding carboxylic acids is 1. The highest BCUT2D eigenvalue weighted by atomic mass is 16.5. The summed E-state index contributed by atoms with van der Waals surface area (Å²) in [6.07, 6.45) is 8.68. The highest BCUT2D eigenvalue weighted by molar-refractivity contribution is 5.92. The Bertz CT molecular complexity index is 836. The molecule has 1 fully saturated rings. The average Bonchev–Trinajstić information content (AvgIpc) is 3.32. The second kappa shape index (κ2) is 6.15. The summed E-state index contributed by atoms with van der Waals surface area (Å²) >= 11 is 0. The molecule has 1 saturated heterocycles. The van der Waals surface area contributed by atoms with Crippen molar-refractivity contribution in [3.05, 3.63) is 54.7 Å². The van der Waals surface area contributed by atoms with E-state index in [0.717, 1.165) is 12.0 Å². The van der Waals surface area contributed by atoms with Crippen molar-refractivity contribution in [2.45, 2.75) is 12.3 Å². The minimum atomic E-state index is -0.125. The minimum Gasteiger partial charge on any atom is -0.339 e. The van der Waals surface area contributed by atoms with E-state index in [1.807, 2.05) is 12.1 Å². The number of rotatable bonds is 3. The van der Waals surface area contributed by atoms with Crippen LogP contribution in [-0.2, 0) is 0 Å². The van der Waals surface area contributed by atoms with Gasteiger partial charge in [0.25, 0.3) is 5.91 Å². The second-order valence-corrected chi connectivity index (χ2v) is 5.52. The number of pyridine rings is 1. The van der Waals surface area contributed by atoms with Crippen molar-refractivity contribution in [2.24, 2.45) is 0 Å². The topological polar surface area (TPSA) is 97.9 Å². The van der Waals surface area contributed by atoms with Crippen LogP contribution in [0.1, 0.15) is 28.7 Å². The van der Waals surface area contributed by atoms with Crippen LogP contribution in [0, 0.1) is 0 Å². The average molecular weight is 322 g/mol. The van der Waals surface area contributed by atoms with Gasteiger partial charge in [-0.1, -0.05) is 5.16 Å². The maximum Gasteiger partial charge on any atom is 0.274 e. The molecule has 8 nitrogen and oxygen atoms in total. The first-order valence-corrected chi connectivity index (χ1v) is 7.60. The molecule has 8 heteroatoms. The molecule has 4 heterocycles. The van der Waals surface area contributed by atoms with Crippen LogP contribution in [0.5, 0.6) is 0 Å². The third kappa shape index (κ3) is 2.73. The van der Waals surface area contributed by atoms with Gasteiger partial charge >= 0.3 is 0 Å². The number of hydrogen-bond donors (Lipinski definition) is 0. The maximum absolute atomic E-state index is 12.4. The summed E-state index contributed by atoms with van der Waals surface area (Å²) in [6, 6.07) is 3.65. The predicted octanol–water partition coefficient (Wildman–Crippen LogP) is 1.55. The lowest BCUT2D eigenvalue weighted by Crippen LogP contribution is -2.29. The van der Waals surface area contributed by atoms with Crippen LogP contribution in [0.3, 0.4) is 0 Å². The molecular formula is C16H14N6O2. The third-order valence-corrected chi connectivity index (χ3v) is 3.99. The number of likely N-dealkylation sites (tertiary alicyclic amines) is 1. The number of hydrogen-bond acceptors (Lipinski definition) is 7. The summed E-state index contributed by atoms with van der Waals surface area (Å²) in [4.78, 5) is 30.6. The Hall–Kier alpha value is -3.16. The van der Waals surface area contributed by atoms with Gasteiger partial charge in [0.1, 0.15) is 5.69 Å². The Morgan fingerprint density at radius 3 is 2.83 bits per heavy atom. The molecule has 0 radical (unpaired) electrons. The van der Waals surface area contributed by atoms with E-state index in [1.54, 1.807) is 23.5 Å². The van der Waals surface area contributed by atoms with Crippen LogP contribution in [0.2, 0.25) is 0 Å². The Labute approximate surface area is 137 Å². The molecule has 1 atom stereocenters. The zero-order valence-electron chi connectivity index (χ0n) is 12.7. The SMILES string of the molecule is O=C(c1cnccn1)N1CC[C@@H](c2nc(-c3ccncc3)no2)C1. The van der Waals surface area contributed by atoms with E-state index in [-0.39, 0.29) is 11.8 Å². The smallest absolute Gasteiger partial charge is 0.274 e. The normalized spacial score (nSPS) is 17.2. The van der Waals surface area contributed by atoms with Crippen molar-refractivity contribution in [3.8, 4) is 11.4 Å². The molecule has 3 aromatic rings. The van der Waals surface area contributed by atoms with Crippen molar-refractivity contribution < 1.29 is 9.32 Å². The molecule has 1 aliphatic heterocycles. The molecule has 24 heavy (non-hydrogen) atoms. The number of carbonyl (C=O) groups is 1. The number of nitrogens with zero attached hydrogens (tertiary/aromatic N) is 6. The summed E-state index contributed by atoms with van der Waals surface area (Å²) in [6.45, 7) is 1.17. The Kier molecular flexibility index (Phi) is 3.70. The highest BCUT2D eigenvalue weighted by Crippen LogP contribution is 2.28. The van der Waals surface area contributed by atoms with Crippen LogP contribution in [0.4, 0.5) is 0 Å². The fraction of sp³-hybridized carbons (Fsp3) is 0.250. The number of aromatic nitrogens is 5. The first-order chi connectivity index (χ1) is 11.8. The quantitative estimate of drug-likeness (QED) is 0.721. The molecule has 0 bridgehead atoms. The van der Waals surface area contributed by atoms with Gasteiger partial charge in [-0.3, -0.25) is 14.8 Å².